The van der Waals surface area contributed by atoms with Crippen LogP contribution in [0, 0.1) is 17.7 Å². The summed E-state index contributed by atoms with van der Waals surface area (Å²) in [6, 6.07) is 5.76. The Labute approximate surface area is 178 Å². The second kappa shape index (κ2) is 8.40. The van der Waals surface area contributed by atoms with Crippen molar-refractivity contribution in [2.45, 2.75) is 38.9 Å². The van der Waals surface area contributed by atoms with Gasteiger partial charge >= 0.3 is 5.69 Å². The topological polar surface area (TPSA) is 91.1 Å². The van der Waals surface area contributed by atoms with E-state index in [4.69, 9.17) is 5.73 Å². The molecule has 1 atom stereocenters. The van der Waals surface area contributed by atoms with Gasteiger partial charge in [0.1, 0.15) is 5.82 Å². The van der Waals surface area contributed by atoms with Crippen LogP contribution in [-0.4, -0.2) is 37.8 Å². The van der Waals surface area contributed by atoms with Gasteiger partial charge in [-0.1, -0.05) is 18.1 Å². The zero-order chi connectivity index (χ0) is 22.1. The summed E-state index contributed by atoms with van der Waals surface area (Å²) in [6.45, 7) is 3.45. The van der Waals surface area contributed by atoms with Crippen LogP contribution in [0.4, 0.5) is 10.3 Å². The number of halogens is 1. The predicted molar refractivity (Wildman–Crippen MR) is 118 cm³/mol. The highest BCUT2D eigenvalue weighted by molar-refractivity contribution is 5.75. The zero-order valence-corrected chi connectivity index (χ0v) is 17.6. The molecule has 0 radical (unpaired) electrons. The van der Waals surface area contributed by atoms with Crippen LogP contribution < -0.4 is 21.9 Å². The van der Waals surface area contributed by atoms with E-state index in [1.165, 1.54) is 16.7 Å². The molecule has 1 fully saturated rings. The maximum Gasteiger partial charge on any atom is 0.332 e. The zero-order valence-electron chi connectivity index (χ0n) is 17.6. The molecule has 2 N–H and O–H groups in total. The molecule has 0 saturated carbocycles. The van der Waals surface area contributed by atoms with Crippen LogP contribution in [0.5, 0.6) is 0 Å². The van der Waals surface area contributed by atoms with E-state index in [1.54, 1.807) is 30.7 Å². The number of aryl methyl sites for hydroxylation is 1. The minimum Gasteiger partial charge on any atom is -0.341 e. The van der Waals surface area contributed by atoms with Crippen molar-refractivity contribution in [2.24, 2.45) is 12.8 Å². The number of piperidine rings is 1. The number of nitrogens with zero attached hydrogens (tertiary/aromatic N) is 5. The van der Waals surface area contributed by atoms with Gasteiger partial charge in [-0.2, -0.15) is 4.98 Å². The molecule has 162 valence electrons. The van der Waals surface area contributed by atoms with Crippen molar-refractivity contribution in [1.82, 2.24) is 18.7 Å². The van der Waals surface area contributed by atoms with Crippen molar-refractivity contribution in [2.75, 3.05) is 18.0 Å². The van der Waals surface area contributed by atoms with E-state index in [-0.39, 0.29) is 24.9 Å². The SMILES string of the molecule is CC#CCn1c(N2CCCC(N)C2)nc2c1c(=O)n(Cc1ccc(F)cc1)c(=O)n2C. The molecule has 1 unspecified atom stereocenters. The Bertz CT molecular complexity index is 1290. The van der Waals surface area contributed by atoms with E-state index in [0.29, 0.717) is 29.2 Å². The van der Waals surface area contributed by atoms with E-state index < -0.39 is 11.2 Å². The van der Waals surface area contributed by atoms with Gasteiger partial charge < -0.3 is 10.6 Å². The third kappa shape index (κ3) is 3.86. The van der Waals surface area contributed by atoms with Crippen molar-refractivity contribution in [3.05, 3.63) is 56.5 Å². The summed E-state index contributed by atoms with van der Waals surface area (Å²) < 4.78 is 17.6. The number of nitrogens with two attached hydrogens (primary N) is 1. The lowest BCUT2D eigenvalue weighted by molar-refractivity contribution is 0.496. The summed E-state index contributed by atoms with van der Waals surface area (Å²) in [5.74, 6) is 6.09. The van der Waals surface area contributed by atoms with Crippen LogP contribution in [0.15, 0.2) is 33.9 Å². The van der Waals surface area contributed by atoms with Crippen molar-refractivity contribution in [3.8, 4) is 11.8 Å². The quantitative estimate of drug-likeness (QED) is 0.632. The Balaban J connectivity index is 1.91. The van der Waals surface area contributed by atoms with Crippen molar-refractivity contribution >= 4 is 17.1 Å². The van der Waals surface area contributed by atoms with Crippen LogP contribution in [0.1, 0.15) is 25.3 Å². The lowest BCUT2D eigenvalue weighted by Gasteiger charge is -2.31. The Morgan fingerprint density at radius 2 is 1.97 bits per heavy atom. The number of hydrogen-bond donors (Lipinski definition) is 1. The summed E-state index contributed by atoms with van der Waals surface area (Å²) in [7, 11) is 1.60. The molecule has 9 heteroatoms. The number of benzene rings is 1. The first-order valence-corrected chi connectivity index (χ1v) is 10.3. The third-order valence-electron chi connectivity index (χ3n) is 5.62. The van der Waals surface area contributed by atoms with Crippen molar-refractivity contribution < 1.29 is 4.39 Å². The van der Waals surface area contributed by atoms with Gasteiger partial charge in [-0.05, 0) is 37.5 Å². The predicted octanol–water partition coefficient (Wildman–Crippen LogP) is 1.03. The molecule has 0 spiro atoms. The molecule has 3 aromatic rings. The number of imidazole rings is 1. The molecular weight excluding hydrogens is 399 g/mol. The molecule has 0 amide bonds. The largest absolute Gasteiger partial charge is 0.341 e. The molecule has 31 heavy (non-hydrogen) atoms. The molecule has 4 rings (SSSR count). The van der Waals surface area contributed by atoms with Gasteiger partial charge in [-0.3, -0.25) is 18.5 Å². The summed E-state index contributed by atoms with van der Waals surface area (Å²) in [5.41, 5.74) is 6.53. The fraction of sp³-hybridized carbons (Fsp3) is 0.409. The van der Waals surface area contributed by atoms with E-state index in [9.17, 15) is 14.0 Å². The molecule has 2 aromatic heterocycles. The lowest BCUT2D eigenvalue weighted by atomic mass is 10.1. The van der Waals surface area contributed by atoms with E-state index in [0.717, 1.165) is 24.0 Å². The van der Waals surface area contributed by atoms with Crippen LogP contribution in [0.25, 0.3) is 11.2 Å². The Kier molecular flexibility index (Phi) is 5.65. The van der Waals surface area contributed by atoms with Crippen LogP contribution >= 0.6 is 0 Å². The molecule has 1 aliphatic rings. The average molecular weight is 424 g/mol. The van der Waals surface area contributed by atoms with E-state index in [1.807, 2.05) is 0 Å². The van der Waals surface area contributed by atoms with Gasteiger partial charge in [-0.15, -0.1) is 5.92 Å². The third-order valence-corrected chi connectivity index (χ3v) is 5.62. The first-order chi connectivity index (χ1) is 14.9. The van der Waals surface area contributed by atoms with Crippen molar-refractivity contribution in [3.63, 3.8) is 0 Å². The maximum atomic E-state index is 13.4. The summed E-state index contributed by atoms with van der Waals surface area (Å²) in [6.07, 6.45) is 1.87. The van der Waals surface area contributed by atoms with Gasteiger partial charge in [0, 0.05) is 26.2 Å². The first-order valence-electron chi connectivity index (χ1n) is 10.3. The Morgan fingerprint density at radius 1 is 1.23 bits per heavy atom. The number of hydrogen-bond acceptors (Lipinski definition) is 5. The number of rotatable bonds is 4. The maximum absolute atomic E-state index is 13.4. The van der Waals surface area contributed by atoms with Crippen LogP contribution in [-0.2, 0) is 20.1 Å². The highest BCUT2D eigenvalue weighted by Crippen LogP contribution is 2.22. The molecule has 0 bridgehead atoms. The molecule has 1 aliphatic heterocycles. The summed E-state index contributed by atoms with van der Waals surface area (Å²) in [5, 5.41) is 0. The molecule has 0 aliphatic carbocycles. The van der Waals surface area contributed by atoms with Crippen LogP contribution in [0.2, 0.25) is 0 Å². The Morgan fingerprint density at radius 3 is 2.65 bits per heavy atom. The van der Waals surface area contributed by atoms with Crippen LogP contribution in [0.3, 0.4) is 0 Å². The highest BCUT2D eigenvalue weighted by Gasteiger charge is 2.26. The lowest BCUT2D eigenvalue weighted by Crippen LogP contribution is -2.44. The normalized spacial score (nSPS) is 16.4. The van der Waals surface area contributed by atoms with Gasteiger partial charge in [-0.25, -0.2) is 9.18 Å². The fourth-order valence-corrected chi connectivity index (χ4v) is 4.01. The molecule has 1 aromatic carbocycles. The molecule has 1 saturated heterocycles. The highest BCUT2D eigenvalue weighted by atomic mass is 19.1. The van der Waals surface area contributed by atoms with E-state index in [2.05, 4.69) is 21.7 Å². The summed E-state index contributed by atoms with van der Waals surface area (Å²) in [4.78, 5) is 33.1. The molecule has 3 heterocycles. The average Bonchev–Trinajstić information content (AvgIpc) is 3.15. The fourth-order valence-electron chi connectivity index (χ4n) is 4.01. The minimum atomic E-state index is -0.477. The van der Waals surface area contributed by atoms with Gasteiger partial charge in [0.15, 0.2) is 11.2 Å². The summed E-state index contributed by atoms with van der Waals surface area (Å²) >= 11 is 0. The number of aromatic nitrogens is 4. The van der Waals surface area contributed by atoms with Gasteiger partial charge in [0.2, 0.25) is 5.95 Å². The van der Waals surface area contributed by atoms with Crippen molar-refractivity contribution in [1.29, 1.82) is 0 Å². The first kappa shape index (κ1) is 20.9. The van der Waals surface area contributed by atoms with Gasteiger partial charge in [0.05, 0.1) is 13.1 Å². The number of fused-ring (bicyclic) bond motifs is 1. The smallest absolute Gasteiger partial charge is 0.332 e. The standard InChI is InChI=1S/C22H25FN6O2/c1-3-4-12-28-18-19(25-21(28)27-11-5-6-17(24)14-27)26(2)22(31)29(20(18)30)13-15-7-9-16(23)10-8-15/h7-10,17H,5-6,11-14,24H2,1-2H3. The second-order valence-electron chi connectivity index (χ2n) is 7.80. The Hall–Kier alpha value is -3.38. The number of anilines is 1. The molecule has 8 nitrogen and oxygen atoms in total. The van der Waals surface area contributed by atoms with E-state index >= 15 is 0 Å². The minimum absolute atomic E-state index is 0.0261. The monoisotopic (exact) mass is 424 g/mol. The molecular formula is C22H25FN6O2. The second-order valence-corrected chi connectivity index (χ2v) is 7.80. The van der Waals surface area contributed by atoms with Gasteiger partial charge in [0.25, 0.3) is 5.56 Å².